The van der Waals surface area contributed by atoms with E-state index in [1.807, 2.05) is 48.6 Å². The number of likely N-dealkylation sites (tertiary alicyclic amines) is 1. The smallest absolute Gasteiger partial charge is 0.312 e. The van der Waals surface area contributed by atoms with Crippen LogP contribution in [0.3, 0.4) is 0 Å². The Bertz CT molecular complexity index is 1180. The van der Waals surface area contributed by atoms with Crippen LogP contribution < -0.4 is 9.80 Å². The summed E-state index contributed by atoms with van der Waals surface area (Å²) in [5, 5.41) is 9.19. The molecular formula is C33H45N3O6. The Morgan fingerprint density at radius 2 is 1.74 bits per heavy atom. The number of rotatable bonds is 10. The molecule has 0 aliphatic carbocycles. The lowest BCUT2D eigenvalue weighted by Gasteiger charge is -2.35. The minimum atomic E-state index is -1.26. The van der Waals surface area contributed by atoms with Gasteiger partial charge in [0.05, 0.1) is 18.6 Å². The van der Waals surface area contributed by atoms with E-state index in [4.69, 9.17) is 9.47 Å². The number of ether oxygens (including phenoxy) is 2. The fourth-order valence-electron chi connectivity index (χ4n) is 7.07. The SMILES string of the molecule is CCN(CC)c1ccc(N2CC=C[C@]34O[C@@H]5/C=C\CCCCOC(=O)[C@@H]5[C@H]3C(=O)N(CCCCCCO)C4C2=O)cc1. The molecule has 4 aliphatic heterocycles. The van der Waals surface area contributed by atoms with E-state index in [2.05, 4.69) is 18.7 Å². The molecule has 0 radical (unpaired) electrons. The quantitative estimate of drug-likeness (QED) is 0.255. The molecule has 2 saturated heterocycles. The predicted molar refractivity (Wildman–Crippen MR) is 161 cm³/mol. The Morgan fingerprint density at radius 1 is 0.976 bits per heavy atom. The number of nitrogens with zero attached hydrogens (tertiary/aromatic N) is 3. The molecule has 5 rings (SSSR count). The average Bonchev–Trinajstić information content (AvgIpc) is 3.38. The number of unbranched alkanes of at least 4 members (excludes halogenated alkanes) is 3. The Balaban J connectivity index is 1.50. The number of aliphatic hydroxyl groups excluding tert-OH is 1. The number of hydrogen-bond donors (Lipinski definition) is 1. The lowest BCUT2D eigenvalue weighted by molar-refractivity contribution is -0.154. The Kier molecular flexibility index (Phi) is 9.68. The molecular weight excluding hydrogens is 534 g/mol. The number of cyclic esters (lactones) is 1. The molecule has 42 heavy (non-hydrogen) atoms. The maximum absolute atomic E-state index is 14.6. The van der Waals surface area contributed by atoms with Crippen molar-refractivity contribution in [1.82, 2.24) is 4.90 Å². The minimum absolute atomic E-state index is 0.133. The number of esters is 1. The van der Waals surface area contributed by atoms with E-state index in [0.717, 1.165) is 56.6 Å². The summed E-state index contributed by atoms with van der Waals surface area (Å²) in [5.74, 6) is -2.52. The third kappa shape index (κ3) is 5.61. The van der Waals surface area contributed by atoms with Gasteiger partial charge in [0.1, 0.15) is 17.6 Å². The molecule has 4 aliphatic rings. The lowest BCUT2D eigenvalue weighted by atomic mass is 9.78. The van der Waals surface area contributed by atoms with Crippen LogP contribution in [0, 0.1) is 11.8 Å². The average molecular weight is 580 g/mol. The fraction of sp³-hybridized carbons (Fsp3) is 0.606. The van der Waals surface area contributed by atoms with Gasteiger partial charge in [0.2, 0.25) is 5.91 Å². The third-order valence-electron chi connectivity index (χ3n) is 9.20. The van der Waals surface area contributed by atoms with Gasteiger partial charge < -0.3 is 29.3 Å². The number of allylic oxidation sites excluding steroid dienone is 1. The van der Waals surface area contributed by atoms with E-state index in [-0.39, 0.29) is 18.4 Å². The second kappa shape index (κ2) is 13.4. The van der Waals surface area contributed by atoms with Crippen LogP contribution in [0.1, 0.15) is 58.8 Å². The van der Waals surface area contributed by atoms with Gasteiger partial charge in [-0.15, -0.1) is 0 Å². The predicted octanol–water partition coefficient (Wildman–Crippen LogP) is 3.85. The first kappa shape index (κ1) is 30.3. The molecule has 0 saturated carbocycles. The van der Waals surface area contributed by atoms with Crippen LogP contribution in [0.15, 0.2) is 48.6 Å². The first-order chi connectivity index (χ1) is 20.5. The summed E-state index contributed by atoms with van der Waals surface area (Å²) < 4.78 is 12.4. The number of fused-ring (bicyclic) bond motifs is 2. The van der Waals surface area contributed by atoms with Crippen molar-refractivity contribution >= 4 is 29.2 Å². The van der Waals surface area contributed by atoms with Gasteiger partial charge >= 0.3 is 5.97 Å². The molecule has 0 aromatic heterocycles. The molecule has 0 bridgehead atoms. The highest BCUT2D eigenvalue weighted by molar-refractivity contribution is 6.05. The summed E-state index contributed by atoms with van der Waals surface area (Å²) in [4.78, 5) is 47.9. The van der Waals surface area contributed by atoms with E-state index in [9.17, 15) is 19.5 Å². The Morgan fingerprint density at radius 3 is 2.48 bits per heavy atom. The summed E-state index contributed by atoms with van der Waals surface area (Å²) in [5.41, 5.74) is 0.584. The Labute approximate surface area is 249 Å². The highest BCUT2D eigenvalue weighted by atomic mass is 16.6. The zero-order valence-corrected chi connectivity index (χ0v) is 25.0. The van der Waals surface area contributed by atoms with Crippen molar-refractivity contribution in [1.29, 1.82) is 0 Å². The molecule has 228 valence electrons. The molecule has 2 amide bonds. The van der Waals surface area contributed by atoms with Crippen molar-refractivity contribution in [2.45, 2.75) is 76.5 Å². The molecule has 1 spiro atoms. The number of benzene rings is 1. The van der Waals surface area contributed by atoms with Crippen molar-refractivity contribution in [3.8, 4) is 0 Å². The van der Waals surface area contributed by atoms with Crippen LogP contribution in [0.4, 0.5) is 11.4 Å². The minimum Gasteiger partial charge on any atom is -0.465 e. The molecule has 2 fully saturated rings. The van der Waals surface area contributed by atoms with Crippen molar-refractivity contribution in [3.05, 3.63) is 48.6 Å². The number of amides is 2. The highest BCUT2D eigenvalue weighted by Gasteiger charge is 2.71. The molecule has 9 nitrogen and oxygen atoms in total. The van der Waals surface area contributed by atoms with Gasteiger partial charge in [-0.1, -0.05) is 37.1 Å². The molecule has 1 aromatic carbocycles. The first-order valence-corrected chi connectivity index (χ1v) is 15.7. The summed E-state index contributed by atoms with van der Waals surface area (Å²) in [7, 11) is 0. The van der Waals surface area contributed by atoms with Crippen LogP contribution in [-0.2, 0) is 23.9 Å². The third-order valence-corrected chi connectivity index (χ3v) is 9.20. The standard InChI is InChI=1S/C33H45N3O6/c1-3-34(4-2)24-15-17-25(18-16-24)35-21-13-19-33-28(27-26(42-33)14-9-5-8-12-23-41-32(27)40)30(38)36(29(33)31(35)39)20-10-6-7-11-22-37/h9,13-19,26-29,37H,3-8,10-12,20-23H2,1-2H3/b14-9-/t26-,27+,28+,29?,33+/m1/s1. The second-order valence-electron chi connectivity index (χ2n) is 11.6. The van der Waals surface area contributed by atoms with Crippen LogP contribution in [0.2, 0.25) is 0 Å². The topological polar surface area (TPSA) is 99.6 Å². The van der Waals surface area contributed by atoms with Crippen molar-refractivity contribution in [3.63, 3.8) is 0 Å². The van der Waals surface area contributed by atoms with E-state index in [1.165, 1.54) is 0 Å². The molecule has 1 aromatic rings. The zero-order chi connectivity index (χ0) is 29.7. The molecule has 5 atom stereocenters. The maximum atomic E-state index is 14.6. The lowest BCUT2D eigenvalue weighted by Crippen LogP contribution is -2.55. The van der Waals surface area contributed by atoms with E-state index in [1.54, 1.807) is 9.80 Å². The monoisotopic (exact) mass is 579 g/mol. The van der Waals surface area contributed by atoms with Gasteiger partial charge in [-0.25, -0.2) is 0 Å². The molecule has 9 heteroatoms. The number of carbonyl (C=O) groups is 3. The van der Waals surface area contributed by atoms with E-state index < -0.39 is 35.6 Å². The zero-order valence-electron chi connectivity index (χ0n) is 25.0. The van der Waals surface area contributed by atoms with Crippen LogP contribution >= 0.6 is 0 Å². The Hall–Kier alpha value is -3.17. The van der Waals surface area contributed by atoms with Gasteiger partial charge in [-0.3, -0.25) is 14.4 Å². The van der Waals surface area contributed by atoms with Gasteiger partial charge in [0, 0.05) is 44.2 Å². The van der Waals surface area contributed by atoms with Crippen molar-refractivity contribution in [2.24, 2.45) is 11.8 Å². The van der Waals surface area contributed by atoms with Gasteiger partial charge in [0.15, 0.2) is 0 Å². The largest absolute Gasteiger partial charge is 0.465 e. The van der Waals surface area contributed by atoms with Gasteiger partial charge in [0.25, 0.3) is 5.91 Å². The molecule has 1 N–H and O–H groups in total. The van der Waals surface area contributed by atoms with Crippen LogP contribution in [0.5, 0.6) is 0 Å². The van der Waals surface area contributed by atoms with E-state index >= 15 is 0 Å². The highest BCUT2D eigenvalue weighted by Crippen LogP contribution is 2.53. The normalized spacial score (nSPS) is 29.9. The molecule has 4 heterocycles. The van der Waals surface area contributed by atoms with Crippen molar-refractivity contribution < 1.29 is 29.0 Å². The molecule has 1 unspecified atom stereocenters. The van der Waals surface area contributed by atoms with Gasteiger partial charge in [-0.2, -0.15) is 0 Å². The first-order valence-electron chi connectivity index (χ1n) is 15.7. The van der Waals surface area contributed by atoms with Gasteiger partial charge in [-0.05, 0) is 70.2 Å². The van der Waals surface area contributed by atoms with Crippen molar-refractivity contribution in [2.75, 3.05) is 49.2 Å². The second-order valence-corrected chi connectivity index (χ2v) is 11.6. The number of carbonyl (C=O) groups excluding carboxylic acids is 3. The van der Waals surface area contributed by atoms with Crippen LogP contribution in [-0.4, -0.2) is 84.9 Å². The summed E-state index contributed by atoms with van der Waals surface area (Å²) >= 11 is 0. The number of aliphatic hydroxyl groups is 1. The fourth-order valence-corrected chi connectivity index (χ4v) is 7.07. The summed E-state index contributed by atoms with van der Waals surface area (Å²) in [6.07, 6.45) is 12.6. The number of hydrogen-bond acceptors (Lipinski definition) is 7. The summed E-state index contributed by atoms with van der Waals surface area (Å²) in [6.45, 7) is 7.17. The maximum Gasteiger partial charge on any atom is 0.312 e. The number of anilines is 2. The van der Waals surface area contributed by atoms with Crippen LogP contribution in [0.25, 0.3) is 0 Å². The summed E-state index contributed by atoms with van der Waals surface area (Å²) in [6, 6.07) is 7.08. The van der Waals surface area contributed by atoms with E-state index in [0.29, 0.717) is 32.5 Å².